The summed E-state index contributed by atoms with van der Waals surface area (Å²) in [6, 6.07) is 1.71. The number of nitrogens with zero attached hydrogens (tertiary/aromatic N) is 2. The van der Waals surface area contributed by atoms with Crippen LogP contribution >= 0.6 is 0 Å². The Labute approximate surface area is 128 Å². The van der Waals surface area contributed by atoms with Gasteiger partial charge < -0.3 is 14.7 Å². The number of hydrogen-bond donors (Lipinski definition) is 1. The first-order valence-electron chi connectivity index (χ1n) is 7.91. The minimum atomic E-state index is -0.157. The van der Waals surface area contributed by atoms with Crippen LogP contribution in [0.5, 0.6) is 0 Å². The topological polar surface area (TPSA) is 58.4 Å². The molecule has 0 saturated heterocycles. The molecule has 0 saturated carbocycles. The molecule has 120 valence electrons. The quantitative estimate of drug-likeness (QED) is 0.761. The summed E-state index contributed by atoms with van der Waals surface area (Å²) in [4.78, 5) is 14.4. The summed E-state index contributed by atoms with van der Waals surface area (Å²) < 4.78 is 5.05. The van der Waals surface area contributed by atoms with Crippen LogP contribution in [0, 0.1) is 0 Å². The van der Waals surface area contributed by atoms with Crippen LogP contribution in [0.15, 0.2) is 10.6 Å². The van der Waals surface area contributed by atoms with Gasteiger partial charge in [0.05, 0.1) is 0 Å². The highest BCUT2D eigenvalue weighted by atomic mass is 16.5. The van der Waals surface area contributed by atoms with Crippen molar-refractivity contribution in [3.05, 3.63) is 17.5 Å². The number of hydrogen-bond acceptors (Lipinski definition) is 4. The summed E-state index contributed by atoms with van der Waals surface area (Å²) in [6.07, 6.45) is 3.86. The smallest absolute Gasteiger partial charge is 0.273 e. The van der Waals surface area contributed by atoms with E-state index < -0.39 is 0 Å². The SMILES string of the molecule is CCCN(C)C(C)(CC)CCNC(=O)c1cc(CC)on1. The third-order valence-electron chi connectivity index (χ3n) is 4.33. The van der Waals surface area contributed by atoms with Gasteiger partial charge in [-0.3, -0.25) is 4.79 Å². The Bertz CT molecular complexity index is 444. The van der Waals surface area contributed by atoms with Crippen LogP contribution < -0.4 is 5.32 Å². The molecule has 5 heteroatoms. The molecule has 5 nitrogen and oxygen atoms in total. The number of aromatic nitrogens is 1. The fourth-order valence-corrected chi connectivity index (χ4v) is 2.37. The molecule has 1 atom stereocenters. The van der Waals surface area contributed by atoms with E-state index >= 15 is 0 Å². The van der Waals surface area contributed by atoms with Crippen molar-refractivity contribution >= 4 is 5.91 Å². The van der Waals surface area contributed by atoms with E-state index in [0.29, 0.717) is 12.2 Å². The average Bonchev–Trinajstić information content (AvgIpc) is 2.96. The lowest BCUT2D eigenvalue weighted by Gasteiger charge is -2.38. The van der Waals surface area contributed by atoms with Crippen LogP contribution in [0.1, 0.15) is 63.2 Å². The standard InChI is InChI=1S/C16H29N3O2/c1-6-11-19(5)16(4,8-3)9-10-17-15(20)14-12-13(7-2)21-18-14/h12H,6-11H2,1-5H3,(H,17,20). The van der Waals surface area contributed by atoms with Crippen molar-refractivity contribution in [3.63, 3.8) is 0 Å². The molecule has 1 heterocycles. The van der Waals surface area contributed by atoms with Crippen molar-refractivity contribution in [1.29, 1.82) is 0 Å². The maximum Gasteiger partial charge on any atom is 0.273 e. The molecule has 1 amide bonds. The summed E-state index contributed by atoms with van der Waals surface area (Å²) in [5, 5.41) is 6.72. The largest absolute Gasteiger partial charge is 0.361 e. The summed E-state index contributed by atoms with van der Waals surface area (Å²) in [6.45, 7) is 10.3. The van der Waals surface area contributed by atoms with Crippen molar-refractivity contribution in [2.24, 2.45) is 0 Å². The molecule has 0 aliphatic carbocycles. The van der Waals surface area contributed by atoms with Gasteiger partial charge in [-0.2, -0.15) is 0 Å². The third-order valence-corrected chi connectivity index (χ3v) is 4.33. The van der Waals surface area contributed by atoms with Gasteiger partial charge in [-0.1, -0.05) is 25.9 Å². The molecule has 21 heavy (non-hydrogen) atoms. The lowest BCUT2D eigenvalue weighted by atomic mass is 9.92. The monoisotopic (exact) mass is 295 g/mol. The van der Waals surface area contributed by atoms with Crippen molar-refractivity contribution in [2.75, 3.05) is 20.1 Å². The number of amides is 1. The summed E-state index contributed by atoms with van der Waals surface area (Å²) >= 11 is 0. The highest BCUT2D eigenvalue weighted by Gasteiger charge is 2.26. The zero-order chi connectivity index (χ0) is 15.9. The molecule has 0 aliphatic heterocycles. The summed E-state index contributed by atoms with van der Waals surface area (Å²) in [7, 11) is 2.15. The Balaban J connectivity index is 2.48. The second-order valence-electron chi connectivity index (χ2n) is 5.81. The zero-order valence-corrected chi connectivity index (χ0v) is 14.0. The normalized spacial score (nSPS) is 14.2. The molecule has 1 aromatic rings. The molecule has 0 fully saturated rings. The van der Waals surface area contributed by atoms with Crippen molar-refractivity contribution in [3.8, 4) is 0 Å². The molecule has 0 spiro atoms. The van der Waals surface area contributed by atoms with Crippen LogP contribution in [0.3, 0.4) is 0 Å². The van der Waals surface area contributed by atoms with Gasteiger partial charge in [0, 0.05) is 24.6 Å². The van der Waals surface area contributed by atoms with Gasteiger partial charge in [0.2, 0.25) is 0 Å². The molecular formula is C16H29N3O2. The first-order chi connectivity index (χ1) is 9.96. The van der Waals surface area contributed by atoms with Crippen molar-refractivity contribution in [1.82, 2.24) is 15.4 Å². The Morgan fingerprint density at radius 1 is 1.43 bits per heavy atom. The van der Waals surface area contributed by atoms with Gasteiger partial charge in [0.15, 0.2) is 5.69 Å². The van der Waals surface area contributed by atoms with Gasteiger partial charge in [0.1, 0.15) is 5.76 Å². The highest BCUT2D eigenvalue weighted by molar-refractivity contribution is 5.92. The highest BCUT2D eigenvalue weighted by Crippen LogP contribution is 2.21. The van der Waals surface area contributed by atoms with Crippen molar-refractivity contribution < 1.29 is 9.32 Å². The molecular weight excluding hydrogens is 266 g/mol. The van der Waals surface area contributed by atoms with Gasteiger partial charge in [-0.15, -0.1) is 0 Å². The van der Waals surface area contributed by atoms with Gasteiger partial charge in [-0.05, 0) is 39.8 Å². The van der Waals surface area contributed by atoms with E-state index in [0.717, 1.165) is 38.0 Å². The number of aryl methyl sites for hydroxylation is 1. The van der Waals surface area contributed by atoms with Crippen LogP contribution in [-0.4, -0.2) is 41.6 Å². The Morgan fingerprint density at radius 2 is 2.14 bits per heavy atom. The molecule has 1 N–H and O–H groups in total. The average molecular weight is 295 g/mol. The summed E-state index contributed by atoms with van der Waals surface area (Å²) in [5.74, 6) is 0.580. The van der Waals surface area contributed by atoms with E-state index in [-0.39, 0.29) is 11.4 Å². The van der Waals surface area contributed by atoms with E-state index in [1.54, 1.807) is 6.07 Å². The fourth-order valence-electron chi connectivity index (χ4n) is 2.37. The Morgan fingerprint density at radius 3 is 2.67 bits per heavy atom. The summed E-state index contributed by atoms with van der Waals surface area (Å²) in [5.41, 5.74) is 0.480. The van der Waals surface area contributed by atoms with Gasteiger partial charge in [-0.25, -0.2) is 0 Å². The number of carbonyl (C=O) groups excluding carboxylic acids is 1. The first kappa shape index (κ1) is 17.7. The zero-order valence-electron chi connectivity index (χ0n) is 14.0. The molecule has 0 radical (unpaired) electrons. The molecule has 1 aromatic heterocycles. The maximum atomic E-state index is 12.0. The number of rotatable bonds is 9. The Kier molecular flexibility index (Phi) is 6.89. The van der Waals surface area contributed by atoms with Gasteiger partial charge in [0.25, 0.3) is 5.91 Å². The predicted octanol–water partition coefficient (Wildman–Crippen LogP) is 2.87. The third kappa shape index (κ3) is 4.84. The Hall–Kier alpha value is -1.36. The molecule has 1 unspecified atom stereocenters. The van der Waals surface area contributed by atoms with Gasteiger partial charge >= 0.3 is 0 Å². The molecule has 1 rings (SSSR count). The minimum Gasteiger partial charge on any atom is -0.361 e. The maximum absolute atomic E-state index is 12.0. The second-order valence-corrected chi connectivity index (χ2v) is 5.81. The van der Waals surface area contributed by atoms with Crippen LogP contribution in [0.25, 0.3) is 0 Å². The molecule has 0 bridgehead atoms. The molecule has 0 aliphatic rings. The van der Waals surface area contributed by atoms with E-state index in [2.05, 4.69) is 43.2 Å². The predicted molar refractivity (Wildman–Crippen MR) is 84.4 cm³/mol. The lowest BCUT2D eigenvalue weighted by molar-refractivity contribution is 0.0914. The van der Waals surface area contributed by atoms with Crippen LogP contribution in [-0.2, 0) is 6.42 Å². The van der Waals surface area contributed by atoms with E-state index in [1.807, 2.05) is 6.92 Å². The van der Waals surface area contributed by atoms with E-state index in [4.69, 9.17) is 4.52 Å². The molecule has 0 aromatic carbocycles. The first-order valence-corrected chi connectivity index (χ1v) is 7.91. The lowest BCUT2D eigenvalue weighted by Crippen LogP contribution is -2.46. The van der Waals surface area contributed by atoms with E-state index in [9.17, 15) is 4.79 Å². The fraction of sp³-hybridized carbons (Fsp3) is 0.750. The second kappa shape index (κ2) is 8.17. The minimum absolute atomic E-state index is 0.113. The number of carbonyl (C=O) groups is 1. The van der Waals surface area contributed by atoms with Crippen LogP contribution in [0.2, 0.25) is 0 Å². The van der Waals surface area contributed by atoms with Crippen molar-refractivity contribution in [2.45, 2.75) is 58.9 Å². The van der Waals surface area contributed by atoms with Crippen LogP contribution in [0.4, 0.5) is 0 Å². The van der Waals surface area contributed by atoms with E-state index in [1.165, 1.54) is 0 Å². The number of nitrogens with one attached hydrogen (secondary N) is 1.